The van der Waals surface area contributed by atoms with E-state index >= 15 is 0 Å². The number of hydrogen-bond donors (Lipinski definition) is 0. The first-order valence-corrected chi connectivity index (χ1v) is 23.9. The first-order chi connectivity index (χ1) is 27.2. The van der Waals surface area contributed by atoms with Gasteiger partial charge >= 0.3 is 0 Å². The van der Waals surface area contributed by atoms with Gasteiger partial charge in [0.05, 0.1) is 26.4 Å². The lowest BCUT2D eigenvalue weighted by molar-refractivity contribution is -0.132. The van der Waals surface area contributed by atoms with Gasteiger partial charge in [0.25, 0.3) is 0 Å². The molecule has 0 saturated carbocycles. The minimum atomic E-state index is 0.124. The van der Waals surface area contributed by atoms with E-state index in [0.29, 0.717) is 26.4 Å². The molecule has 0 heterocycles. The third-order valence-electron chi connectivity index (χ3n) is 10.0. The summed E-state index contributed by atoms with van der Waals surface area (Å²) in [5, 5.41) is 0. The summed E-state index contributed by atoms with van der Waals surface area (Å²) in [6.45, 7) is 17.3. The fourth-order valence-electron chi connectivity index (χ4n) is 6.44. The Balaban J connectivity index is 5.43. The van der Waals surface area contributed by atoms with Crippen LogP contribution in [0.2, 0.25) is 0 Å². The SMILES string of the molecule is CCCCCCCOC(CCCCCC)=C(COCOCOCC(OCCCCCCC)=C(CCCCCC)OCCCCCCC)OCCCCCCC. The van der Waals surface area contributed by atoms with Gasteiger partial charge in [0, 0.05) is 12.8 Å². The first kappa shape index (κ1) is 53.6. The van der Waals surface area contributed by atoms with Gasteiger partial charge in [-0.2, -0.15) is 0 Å². The largest absolute Gasteiger partial charge is 0.494 e. The van der Waals surface area contributed by atoms with Crippen LogP contribution in [-0.4, -0.2) is 53.2 Å². The normalized spacial score (nSPS) is 12.5. The number of hydrogen-bond acceptors (Lipinski definition) is 7. The second kappa shape index (κ2) is 45.3. The van der Waals surface area contributed by atoms with Crippen LogP contribution in [0.25, 0.3) is 0 Å². The lowest BCUT2D eigenvalue weighted by Gasteiger charge is -2.19. The van der Waals surface area contributed by atoms with Gasteiger partial charge in [-0.1, -0.05) is 183 Å². The topological polar surface area (TPSA) is 64.6 Å². The minimum absolute atomic E-state index is 0.124. The van der Waals surface area contributed by atoms with E-state index in [1.807, 2.05) is 0 Å². The summed E-state index contributed by atoms with van der Waals surface area (Å²) in [7, 11) is 0. The molecule has 0 aliphatic rings. The van der Waals surface area contributed by atoms with E-state index in [1.165, 1.54) is 141 Å². The average Bonchev–Trinajstić information content (AvgIpc) is 3.19. The van der Waals surface area contributed by atoms with E-state index in [-0.39, 0.29) is 13.6 Å². The van der Waals surface area contributed by atoms with Crippen molar-refractivity contribution >= 4 is 0 Å². The Hall–Kier alpha value is -1.44. The zero-order valence-corrected chi connectivity index (χ0v) is 37.7. The molecule has 0 bridgehead atoms. The Morgan fingerprint density at radius 1 is 0.255 bits per heavy atom. The molecule has 0 unspecified atom stereocenters. The van der Waals surface area contributed by atoms with Crippen molar-refractivity contribution in [3.63, 3.8) is 0 Å². The highest BCUT2D eigenvalue weighted by atomic mass is 16.7. The summed E-state index contributed by atoms with van der Waals surface area (Å²) >= 11 is 0. The summed E-state index contributed by atoms with van der Waals surface area (Å²) < 4.78 is 43.7. The molecule has 0 aromatic carbocycles. The van der Waals surface area contributed by atoms with Crippen molar-refractivity contribution in [2.24, 2.45) is 0 Å². The number of rotatable bonds is 46. The van der Waals surface area contributed by atoms with E-state index < -0.39 is 0 Å². The summed E-state index contributed by atoms with van der Waals surface area (Å²) in [5.41, 5.74) is 0. The van der Waals surface area contributed by atoms with Crippen molar-refractivity contribution in [1.82, 2.24) is 0 Å². The van der Waals surface area contributed by atoms with E-state index in [1.54, 1.807) is 0 Å². The molecule has 0 spiro atoms. The van der Waals surface area contributed by atoms with Gasteiger partial charge in [-0.25, -0.2) is 0 Å². The third-order valence-corrected chi connectivity index (χ3v) is 10.0. The molecule has 328 valence electrons. The monoisotopic (exact) mass is 783 g/mol. The van der Waals surface area contributed by atoms with Crippen molar-refractivity contribution in [1.29, 1.82) is 0 Å². The van der Waals surface area contributed by atoms with Crippen LogP contribution in [0, 0.1) is 0 Å². The lowest BCUT2D eigenvalue weighted by atomic mass is 10.1. The van der Waals surface area contributed by atoms with Gasteiger partial charge in [0.2, 0.25) is 0 Å². The van der Waals surface area contributed by atoms with Crippen LogP contribution in [0.15, 0.2) is 23.0 Å². The van der Waals surface area contributed by atoms with Gasteiger partial charge in [-0.05, 0) is 38.5 Å². The standard InChI is InChI=1S/C48H94O7/c1-7-13-19-25-31-37-52-45(35-29-23-17-11-5)47(54-39-33-27-21-15-9-3)41-49-43-51-44-50-42-48(55-40-34-28-22-16-10-4)46(36-30-24-18-12-6)53-38-32-26-20-14-8-2/h7-44H2,1-6H3. The molecule has 0 aliphatic carbocycles. The van der Waals surface area contributed by atoms with Crippen LogP contribution in [-0.2, 0) is 33.2 Å². The fraction of sp³-hybridized carbons (Fsp3) is 0.917. The van der Waals surface area contributed by atoms with Crippen LogP contribution < -0.4 is 0 Å². The zero-order valence-electron chi connectivity index (χ0n) is 37.7. The number of unbranched alkanes of at least 4 members (excludes halogenated alkanes) is 22. The van der Waals surface area contributed by atoms with Crippen LogP contribution in [0.1, 0.15) is 234 Å². The van der Waals surface area contributed by atoms with Crippen molar-refractivity contribution in [3.05, 3.63) is 23.0 Å². The Morgan fingerprint density at radius 2 is 0.509 bits per heavy atom. The summed E-state index contributed by atoms with van der Waals surface area (Å²) in [6.07, 6.45) is 35.6. The zero-order chi connectivity index (χ0) is 40.1. The maximum absolute atomic E-state index is 6.44. The molecule has 0 amide bonds. The van der Waals surface area contributed by atoms with E-state index in [9.17, 15) is 0 Å². The Labute approximate surface area is 342 Å². The lowest BCUT2D eigenvalue weighted by Crippen LogP contribution is -2.14. The van der Waals surface area contributed by atoms with Crippen LogP contribution in [0.4, 0.5) is 0 Å². The molecule has 0 rings (SSSR count). The molecular formula is C48H94O7. The minimum Gasteiger partial charge on any atom is -0.494 e. The van der Waals surface area contributed by atoms with Crippen molar-refractivity contribution in [2.45, 2.75) is 234 Å². The van der Waals surface area contributed by atoms with Crippen LogP contribution in [0.5, 0.6) is 0 Å². The molecule has 0 saturated heterocycles. The van der Waals surface area contributed by atoms with E-state index in [4.69, 9.17) is 33.2 Å². The highest BCUT2D eigenvalue weighted by Gasteiger charge is 2.14. The highest BCUT2D eigenvalue weighted by molar-refractivity contribution is 5.03. The maximum atomic E-state index is 6.44. The van der Waals surface area contributed by atoms with E-state index in [2.05, 4.69) is 41.5 Å². The summed E-state index contributed by atoms with van der Waals surface area (Å²) in [5.74, 6) is 3.61. The van der Waals surface area contributed by atoms with Gasteiger partial charge in [-0.3, -0.25) is 0 Å². The molecule has 55 heavy (non-hydrogen) atoms. The molecule has 0 fully saturated rings. The molecule has 7 nitrogen and oxygen atoms in total. The van der Waals surface area contributed by atoms with Crippen LogP contribution in [0.3, 0.4) is 0 Å². The molecule has 0 aromatic rings. The molecule has 0 atom stereocenters. The quantitative estimate of drug-likeness (QED) is 0.0346. The molecule has 0 aliphatic heterocycles. The Kier molecular flexibility index (Phi) is 44.1. The molecule has 7 heteroatoms. The van der Waals surface area contributed by atoms with Gasteiger partial charge < -0.3 is 33.2 Å². The molecular weight excluding hydrogens is 689 g/mol. The molecule has 0 N–H and O–H groups in total. The number of ether oxygens (including phenoxy) is 7. The predicted octanol–water partition coefficient (Wildman–Crippen LogP) is 15.3. The molecule has 0 aromatic heterocycles. The van der Waals surface area contributed by atoms with Crippen LogP contribution >= 0.6 is 0 Å². The van der Waals surface area contributed by atoms with Crippen molar-refractivity contribution in [2.75, 3.05) is 53.2 Å². The predicted molar refractivity (Wildman–Crippen MR) is 233 cm³/mol. The van der Waals surface area contributed by atoms with Gasteiger partial charge in [0.1, 0.15) is 38.3 Å². The van der Waals surface area contributed by atoms with Gasteiger partial charge in [0.15, 0.2) is 11.5 Å². The van der Waals surface area contributed by atoms with Crippen molar-refractivity contribution < 1.29 is 33.2 Å². The van der Waals surface area contributed by atoms with E-state index in [0.717, 1.165) is 87.6 Å². The average molecular weight is 783 g/mol. The summed E-state index contributed by atoms with van der Waals surface area (Å²) in [4.78, 5) is 0. The Bertz CT molecular complexity index is 761. The summed E-state index contributed by atoms with van der Waals surface area (Å²) in [6, 6.07) is 0. The number of allylic oxidation sites excluding steroid dienone is 2. The van der Waals surface area contributed by atoms with Gasteiger partial charge in [-0.15, -0.1) is 0 Å². The third kappa shape index (κ3) is 36.6. The maximum Gasteiger partial charge on any atom is 0.159 e. The highest BCUT2D eigenvalue weighted by Crippen LogP contribution is 2.21. The first-order valence-electron chi connectivity index (χ1n) is 23.9. The second-order valence-corrected chi connectivity index (χ2v) is 15.5. The Morgan fingerprint density at radius 3 is 0.800 bits per heavy atom. The smallest absolute Gasteiger partial charge is 0.159 e. The van der Waals surface area contributed by atoms with Crippen molar-refractivity contribution in [3.8, 4) is 0 Å². The second-order valence-electron chi connectivity index (χ2n) is 15.5. The fourth-order valence-corrected chi connectivity index (χ4v) is 6.44. The molecule has 0 radical (unpaired) electrons.